The Bertz CT molecular complexity index is 992. The molecule has 176 valence electrons. The van der Waals surface area contributed by atoms with Gasteiger partial charge in [0.05, 0.1) is 36.4 Å². The smallest absolute Gasteiger partial charge is 0.307 e. The fourth-order valence-electron chi connectivity index (χ4n) is 4.05. The highest BCUT2D eigenvalue weighted by Gasteiger charge is 2.36. The van der Waals surface area contributed by atoms with Crippen LogP contribution in [0.1, 0.15) is 49.9 Å². The van der Waals surface area contributed by atoms with Crippen molar-refractivity contribution in [2.75, 3.05) is 23.8 Å². The Balaban J connectivity index is 1.89. The van der Waals surface area contributed by atoms with Gasteiger partial charge in [0, 0.05) is 17.7 Å². The van der Waals surface area contributed by atoms with Gasteiger partial charge in [0.2, 0.25) is 5.91 Å². The molecule has 0 saturated heterocycles. The van der Waals surface area contributed by atoms with Gasteiger partial charge in [-0.25, -0.2) is 0 Å². The number of ether oxygens (including phenoxy) is 2. The molecule has 1 aliphatic rings. The summed E-state index contributed by atoms with van der Waals surface area (Å²) in [5.74, 6) is -2.19. The number of carboxylic acid groups (broad SMARTS) is 1. The van der Waals surface area contributed by atoms with E-state index in [1.54, 1.807) is 36.4 Å². The number of carboxylic acids is 1. The number of carbonyl (C=O) groups is 3. The van der Waals surface area contributed by atoms with Gasteiger partial charge in [-0.05, 0) is 38.8 Å². The Morgan fingerprint density at radius 1 is 0.879 bits per heavy atom. The van der Waals surface area contributed by atoms with Gasteiger partial charge in [-0.3, -0.25) is 14.4 Å². The van der Waals surface area contributed by atoms with Crippen LogP contribution in [0.15, 0.2) is 42.5 Å². The number of nitrogens with one attached hydrogen (secondary N) is 2. The van der Waals surface area contributed by atoms with Crippen LogP contribution in [0.4, 0.5) is 11.4 Å². The molecule has 3 N–H and O–H groups in total. The first-order chi connectivity index (χ1) is 15.9. The molecule has 0 aromatic heterocycles. The van der Waals surface area contributed by atoms with Crippen LogP contribution in [0, 0.1) is 11.8 Å². The number of aliphatic carboxylic acids is 1. The second-order valence-corrected chi connectivity index (χ2v) is 7.86. The van der Waals surface area contributed by atoms with Crippen LogP contribution in [0.3, 0.4) is 0 Å². The number of amides is 2. The van der Waals surface area contributed by atoms with E-state index in [0.29, 0.717) is 54.5 Å². The Morgan fingerprint density at radius 2 is 1.42 bits per heavy atom. The van der Waals surface area contributed by atoms with Crippen LogP contribution >= 0.6 is 0 Å². The van der Waals surface area contributed by atoms with Crippen molar-refractivity contribution in [3.63, 3.8) is 0 Å². The van der Waals surface area contributed by atoms with Crippen molar-refractivity contribution in [3.8, 4) is 11.5 Å². The lowest BCUT2D eigenvalue weighted by Gasteiger charge is -2.28. The zero-order valence-electron chi connectivity index (χ0n) is 18.9. The van der Waals surface area contributed by atoms with Crippen molar-refractivity contribution in [3.05, 3.63) is 48.0 Å². The normalized spacial score (nSPS) is 17.6. The van der Waals surface area contributed by atoms with E-state index in [-0.39, 0.29) is 11.8 Å². The summed E-state index contributed by atoms with van der Waals surface area (Å²) in [5, 5.41) is 15.2. The standard InChI is InChI=1S/C25H30N2O6/c1-3-32-21-15-20(27-24(29)17-12-8-9-13-18(17)25(30)31)22(33-4-2)14-19(21)26-23(28)16-10-6-5-7-11-16/h5-7,10-11,14-15,17-18H,3-4,8-9,12-13H2,1-2H3,(H,26,28)(H,27,29)(H,30,31). The van der Waals surface area contributed by atoms with Gasteiger partial charge < -0.3 is 25.2 Å². The minimum absolute atomic E-state index is 0.303. The molecule has 1 aliphatic carbocycles. The van der Waals surface area contributed by atoms with E-state index in [2.05, 4.69) is 10.6 Å². The molecule has 2 aromatic rings. The minimum atomic E-state index is -0.950. The van der Waals surface area contributed by atoms with Crippen LogP contribution < -0.4 is 20.1 Å². The lowest BCUT2D eigenvalue weighted by atomic mass is 9.78. The third-order valence-electron chi connectivity index (χ3n) is 5.64. The SMILES string of the molecule is CCOc1cc(NC(=O)C2CCCCC2C(=O)O)c(OCC)cc1NC(=O)c1ccccc1. The van der Waals surface area contributed by atoms with Crippen molar-refractivity contribution in [2.24, 2.45) is 11.8 Å². The van der Waals surface area contributed by atoms with Gasteiger partial charge in [0.15, 0.2) is 0 Å². The van der Waals surface area contributed by atoms with E-state index < -0.39 is 17.8 Å². The summed E-state index contributed by atoms with van der Waals surface area (Å²) in [6.07, 6.45) is 2.63. The van der Waals surface area contributed by atoms with Crippen LogP contribution in [0.2, 0.25) is 0 Å². The summed E-state index contributed by atoms with van der Waals surface area (Å²) in [6, 6.07) is 12.0. The van der Waals surface area contributed by atoms with Crippen molar-refractivity contribution in [1.82, 2.24) is 0 Å². The maximum absolute atomic E-state index is 13.0. The summed E-state index contributed by atoms with van der Waals surface area (Å²) in [6.45, 7) is 4.31. The zero-order chi connectivity index (χ0) is 23.8. The highest BCUT2D eigenvalue weighted by molar-refractivity contribution is 6.05. The largest absolute Gasteiger partial charge is 0.492 e. The van der Waals surface area contributed by atoms with Crippen LogP contribution in [-0.4, -0.2) is 36.1 Å². The Hall–Kier alpha value is -3.55. The Morgan fingerprint density at radius 3 is 1.97 bits per heavy atom. The van der Waals surface area contributed by atoms with Crippen LogP contribution in [0.25, 0.3) is 0 Å². The van der Waals surface area contributed by atoms with Gasteiger partial charge >= 0.3 is 5.97 Å². The van der Waals surface area contributed by atoms with Crippen molar-refractivity contribution < 1.29 is 29.0 Å². The van der Waals surface area contributed by atoms with E-state index >= 15 is 0 Å². The molecular weight excluding hydrogens is 424 g/mol. The molecule has 8 nitrogen and oxygen atoms in total. The number of hydrogen-bond acceptors (Lipinski definition) is 5. The van der Waals surface area contributed by atoms with Gasteiger partial charge in [0.1, 0.15) is 11.5 Å². The van der Waals surface area contributed by atoms with E-state index in [1.165, 1.54) is 0 Å². The van der Waals surface area contributed by atoms with Gasteiger partial charge in [0.25, 0.3) is 5.91 Å². The second kappa shape index (κ2) is 11.4. The third-order valence-corrected chi connectivity index (χ3v) is 5.64. The van der Waals surface area contributed by atoms with E-state index in [0.717, 1.165) is 12.8 Å². The van der Waals surface area contributed by atoms with Crippen molar-refractivity contribution in [2.45, 2.75) is 39.5 Å². The van der Waals surface area contributed by atoms with Crippen LogP contribution in [-0.2, 0) is 9.59 Å². The van der Waals surface area contributed by atoms with E-state index in [4.69, 9.17) is 9.47 Å². The molecule has 8 heteroatoms. The quantitative estimate of drug-likeness (QED) is 0.512. The summed E-state index contributed by atoms with van der Waals surface area (Å²) in [7, 11) is 0. The lowest BCUT2D eigenvalue weighted by Crippen LogP contribution is -2.36. The average molecular weight is 455 g/mol. The fraction of sp³-hybridized carbons (Fsp3) is 0.400. The number of rotatable bonds is 9. The zero-order valence-corrected chi connectivity index (χ0v) is 18.9. The monoisotopic (exact) mass is 454 g/mol. The fourth-order valence-corrected chi connectivity index (χ4v) is 4.05. The molecule has 0 spiro atoms. The first kappa shape index (κ1) is 24.1. The molecule has 2 amide bonds. The molecule has 33 heavy (non-hydrogen) atoms. The number of benzene rings is 2. The maximum atomic E-state index is 13.0. The predicted molar refractivity (Wildman–Crippen MR) is 125 cm³/mol. The molecule has 3 rings (SSSR count). The first-order valence-electron chi connectivity index (χ1n) is 11.3. The van der Waals surface area contributed by atoms with E-state index in [9.17, 15) is 19.5 Å². The summed E-state index contributed by atoms with van der Waals surface area (Å²) in [5.41, 5.74) is 1.28. The number of anilines is 2. The molecule has 0 heterocycles. The van der Waals surface area contributed by atoms with E-state index in [1.807, 2.05) is 19.9 Å². The summed E-state index contributed by atoms with van der Waals surface area (Å²) in [4.78, 5) is 37.3. The maximum Gasteiger partial charge on any atom is 0.307 e. The highest BCUT2D eigenvalue weighted by atomic mass is 16.5. The number of carbonyl (C=O) groups excluding carboxylic acids is 2. The second-order valence-electron chi connectivity index (χ2n) is 7.86. The Labute approximate surface area is 193 Å². The summed E-state index contributed by atoms with van der Waals surface area (Å²) < 4.78 is 11.4. The predicted octanol–water partition coefficient (Wildman–Crippen LogP) is 4.57. The number of hydrogen-bond donors (Lipinski definition) is 3. The van der Waals surface area contributed by atoms with Crippen molar-refractivity contribution >= 4 is 29.2 Å². The molecule has 2 atom stereocenters. The molecule has 1 saturated carbocycles. The molecule has 0 aliphatic heterocycles. The van der Waals surface area contributed by atoms with Crippen LogP contribution in [0.5, 0.6) is 11.5 Å². The highest BCUT2D eigenvalue weighted by Crippen LogP contribution is 2.38. The molecule has 0 radical (unpaired) electrons. The molecular formula is C25H30N2O6. The van der Waals surface area contributed by atoms with Gasteiger partial charge in [-0.2, -0.15) is 0 Å². The first-order valence-corrected chi connectivity index (χ1v) is 11.3. The summed E-state index contributed by atoms with van der Waals surface area (Å²) >= 11 is 0. The van der Waals surface area contributed by atoms with Gasteiger partial charge in [-0.1, -0.05) is 31.0 Å². The lowest BCUT2D eigenvalue weighted by molar-refractivity contribution is -0.147. The Kier molecular flexibility index (Phi) is 8.29. The third kappa shape index (κ3) is 6.03. The molecule has 2 unspecified atom stereocenters. The molecule has 2 aromatic carbocycles. The van der Waals surface area contributed by atoms with Gasteiger partial charge in [-0.15, -0.1) is 0 Å². The minimum Gasteiger partial charge on any atom is -0.492 e. The topological polar surface area (TPSA) is 114 Å². The molecule has 1 fully saturated rings. The average Bonchev–Trinajstić information content (AvgIpc) is 2.82. The molecule has 0 bridgehead atoms. The van der Waals surface area contributed by atoms with Crippen molar-refractivity contribution in [1.29, 1.82) is 0 Å².